The van der Waals surface area contributed by atoms with Crippen LogP contribution in [0, 0.1) is 11.8 Å². The zero-order valence-corrected chi connectivity index (χ0v) is 24.3. The summed E-state index contributed by atoms with van der Waals surface area (Å²) in [6.45, 7) is 8.26. The maximum atomic E-state index is 13.8. The molecule has 9 heteroatoms. The predicted octanol–water partition coefficient (Wildman–Crippen LogP) is 5.43. The van der Waals surface area contributed by atoms with Gasteiger partial charge < -0.3 is 15.1 Å². The van der Waals surface area contributed by atoms with E-state index in [1.165, 1.54) is 41.7 Å². The predicted molar refractivity (Wildman–Crippen MR) is 157 cm³/mol. The molecule has 40 heavy (non-hydrogen) atoms. The van der Waals surface area contributed by atoms with Gasteiger partial charge in [-0.05, 0) is 79.3 Å². The van der Waals surface area contributed by atoms with E-state index in [9.17, 15) is 18.0 Å². The number of carbonyl (C=O) groups excluding carboxylic acids is 2. The Labute approximate surface area is 241 Å². The van der Waals surface area contributed by atoms with Crippen LogP contribution < -0.4 is 10.2 Å². The number of nitrogens with zero attached hydrogens (tertiary/aromatic N) is 2. The quantitative estimate of drug-likeness (QED) is 0.377. The molecule has 2 aliphatic rings. The number of benzene rings is 3. The van der Waals surface area contributed by atoms with Gasteiger partial charge in [-0.3, -0.25) is 9.59 Å². The van der Waals surface area contributed by atoms with Crippen molar-refractivity contribution in [2.45, 2.75) is 43.0 Å². The van der Waals surface area contributed by atoms with Crippen LogP contribution in [0.15, 0.2) is 76.5 Å². The first-order chi connectivity index (χ1) is 19.1. The molecule has 0 spiro atoms. The first kappa shape index (κ1) is 28.3. The van der Waals surface area contributed by atoms with Crippen LogP contribution in [0.3, 0.4) is 0 Å². The van der Waals surface area contributed by atoms with Crippen molar-refractivity contribution in [3.8, 4) is 0 Å². The van der Waals surface area contributed by atoms with Crippen LogP contribution in [0.5, 0.6) is 0 Å². The Balaban J connectivity index is 1.40. The van der Waals surface area contributed by atoms with Gasteiger partial charge in [0.25, 0.3) is 11.8 Å². The zero-order valence-electron chi connectivity index (χ0n) is 22.8. The minimum Gasteiger partial charge on any atom is -0.352 e. The minimum atomic E-state index is -4.01. The lowest BCUT2D eigenvalue weighted by atomic mass is 9.92. The second-order valence-electron chi connectivity index (χ2n) is 11.0. The lowest BCUT2D eigenvalue weighted by molar-refractivity contribution is 0.0944. The summed E-state index contributed by atoms with van der Waals surface area (Å²) in [6.07, 6.45) is 2.07. The molecule has 2 heterocycles. The summed E-state index contributed by atoms with van der Waals surface area (Å²) in [5.74, 6) is 0.606. The van der Waals surface area contributed by atoms with Gasteiger partial charge in [0.1, 0.15) is 0 Å². The lowest BCUT2D eigenvalue weighted by Crippen LogP contribution is -2.40. The number of likely N-dealkylation sites (tertiary alicyclic amines) is 1. The summed E-state index contributed by atoms with van der Waals surface area (Å²) in [5, 5.41) is 3.53. The van der Waals surface area contributed by atoms with Gasteiger partial charge in [0.2, 0.25) is 9.84 Å². The molecule has 0 unspecified atom stereocenters. The Kier molecular flexibility index (Phi) is 8.31. The average molecular weight is 580 g/mol. The largest absolute Gasteiger partial charge is 0.352 e. The molecular weight excluding hydrogens is 546 g/mol. The van der Waals surface area contributed by atoms with Crippen molar-refractivity contribution in [3.05, 3.63) is 88.4 Å². The topological polar surface area (TPSA) is 86.8 Å². The second-order valence-corrected chi connectivity index (χ2v) is 13.3. The molecular formula is C31H34ClN3O4S. The number of piperidine rings is 1. The van der Waals surface area contributed by atoms with E-state index in [-0.39, 0.29) is 33.5 Å². The smallest absolute Gasteiger partial charge is 0.259 e. The minimum absolute atomic E-state index is 0.00958. The molecule has 0 bridgehead atoms. The fourth-order valence-electron chi connectivity index (χ4n) is 5.86. The lowest BCUT2D eigenvalue weighted by Gasteiger charge is -2.34. The average Bonchev–Trinajstić information content (AvgIpc) is 2.99. The van der Waals surface area contributed by atoms with Gasteiger partial charge in [0, 0.05) is 30.2 Å². The fourth-order valence-corrected chi connectivity index (χ4v) is 7.62. The molecule has 1 saturated heterocycles. The molecule has 1 fully saturated rings. The van der Waals surface area contributed by atoms with Gasteiger partial charge in [-0.1, -0.05) is 49.7 Å². The molecule has 2 atom stereocenters. The van der Waals surface area contributed by atoms with Gasteiger partial charge in [-0.25, -0.2) is 8.42 Å². The fraction of sp³-hybridized carbons (Fsp3) is 0.355. The first-order valence-corrected chi connectivity index (χ1v) is 15.5. The normalized spacial score (nSPS) is 20.4. The number of hydrogen-bond donors (Lipinski definition) is 1. The summed E-state index contributed by atoms with van der Waals surface area (Å²) in [4.78, 5) is 30.8. The molecule has 1 N–H and O–H groups in total. The van der Waals surface area contributed by atoms with Crippen LogP contribution >= 0.6 is 11.6 Å². The van der Waals surface area contributed by atoms with Crippen LogP contribution in [-0.2, 0) is 16.4 Å². The summed E-state index contributed by atoms with van der Waals surface area (Å²) >= 11 is 6.05. The van der Waals surface area contributed by atoms with Crippen molar-refractivity contribution >= 4 is 38.9 Å². The number of sulfone groups is 1. The Morgan fingerprint density at radius 2 is 1.68 bits per heavy atom. The third-order valence-corrected chi connectivity index (χ3v) is 9.70. The second kappa shape index (κ2) is 11.7. The van der Waals surface area contributed by atoms with E-state index in [0.29, 0.717) is 29.0 Å². The van der Waals surface area contributed by atoms with E-state index in [2.05, 4.69) is 24.1 Å². The van der Waals surface area contributed by atoms with Crippen molar-refractivity contribution < 1.29 is 18.0 Å². The Hall–Kier alpha value is -3.20. The standard InChI is InChI=1S/C31H34ClN3O4S/c1-21-16-22(2)19-34(18-21)15-5-14-33-30(36)24-10-13-29-27(17-24)35(20-23-8-11-25(32)12-9-23)31(37)26-6-3-4-7-28(26)40(29,38)39/h3-4,6-13,17,21-22H,5,14-16,18-20H2,1-2H3,(H,33,36)/t21-,22-/m0/s1. The van der Waals surface area contributed by atoms with E-state index in [1.54, 1.807) is 36.4 Å². The SMILES string of the molecule is C[C@H]1C[C@H](C)CN(CCCNC(=O)c2ccc3c(c2)N(Cc2ccc(Cl)cc2)C(=O)c2ccccc2S3(=O)=O)C1. The molecule has 5 rings (SSSR count). The van der Waals surface area contributed by atoms with Gasteiger partial charge in [0.05, 0.1) is 27.6 Å². The van der Waals surface area contributed by atoms with Crippen LogP contribution in [0.2, 0.25) is 5.02 Å². The molecule has 210 valence electrons. The van der Waals surface area contributed by atoms with Gasteiger partial charge in [0.15, 0.2) is 0 Å². The highest BCUT2D eigenvalue weighted by atomic mass is 35.5. The highest BCUT2D eigenvalue weighted by molar-refractivity contribution is 7.91. The molecule has 2 amide bonds. The maximum Gasteiger partial charge on any atom is 0.259 e. The summed E-state index contributed by atoms with van der Waals surface area (Å²) in [6, 6.07) is 17.7. The van der Waals surface area contributed by atoms with E-state index >= 15 is 0 Å². The Morgan fingerprint density at radius 1 is 0.975 bits per heavy atom. The number of rotatable bonds is 7. The number of fused-ring (bicyclic) bond motifs is 2. The van der Waals surface area contributed by atoms with E-state index in [1.807, 2.05) is 0 Å². The van der Waals surface area contributed by atoms with E-state index < -0.39 is 15.7 Å². The van der Waals surface area contributed by atoms with Crippen LogP contribution in [-0.4, -0.2) is 51.3 Å². The van der Waals surface area contributed by atoms with E-state index in [0.717, 1.165) is 31.6 Å². The first-order valence-electron chi connectivity index (χ1n) is 13.7. The van der Waals surface area contributed by atoms with Crippen LogP contribution in [0.4, 0.5) is 5.69 Å². The number of hydrogen-bond acceptors (Lipinski definition) is 5. The monoisotopic (exact) mass is 579 g/mol. The molecule has 2 aliphatic heterocycles. The number of amides is 2. The highest BCUT2D eigenvalue weighted by Crippen LogP contribution is 2.38. The third kappa shape index (κ3) is 5.94. The molecule has 0 radical (unpaired) electrons. The molecule has 0 aromatic heterocycles. The number of halogens is 1. The van der Waals surface area contributed by atoms with Crippen molar-refractivity contribution in [1.82, 2.24) is 10.2 Å². The third-order valence-electron chi connectivity index (χ3n) is 7.59. The Bertz CT molecular complexity index is 1510. The molecule has 3 aromatic carbocycles. The summed E-state index contributed by atoms with van der Waals surface area (Å²) < 4.78 is 27.4. The van der Waals surface area contributed by atoms with Gasteiger partial charge >= 0.3 is 0 Å². The van der Waals surface area contributed by atoms with E-state index in [4.69, 9.17) is 11.6 Å². The van der Waals surface area contributed by atoms with Crippen molar-refractivity contribution in [2.75, 3.05) is 31.1 Å². The highest BCUT2D eigenvalue weighted by Gasteiger charge is 2.36. The number of anilines is 1. The van der Waals surface area contributed by atoms with Gasteiger partial charge in [-0.2, -0.15) is 0 Å². The number of nitrogens with one attached hydrogen (secondary N) is 1. The van der Waals surface area contributed by atoms with Crippen LogP contribution in [0.1, 0.15) is 53.0 Å². The maximum absolute atomic E-state index is 13.8. The van der Waals surface area contributed by atoms with Crippen molar-refractivity contribution in [2.24, 2.45) is 11.8 Å². The summed E-state index contributed by atoms with van der Waals surface area (Å²) in [5.41, 5.74) is 1.35. The molecule has 0 aliphatic carbocycles. The molecule has 7 nitrogen and oxygen atoms in total. The number of carbonyl (C=O) groups is 2. The van der Waals surface area contributed by atoms with Crippen molar-refractivity contribution in [1.29, 1.82) is 0 Å². The molecule has 0 saturated carbocycles. The Morgan fingerprint density at radius 3 is 2.40 bits per heavy atom. The van der Waals surface area contributed by atoms with Crippen LogP contribution in [0.25, 0.3) is 0 Å². The summed E-state index contributed by atoms with van der Waals surface area (Å²) in [7, 11) is -4.01. The van der Waals surface area contributed by atoms with Gasteiger partial charge in [-0.15, -0.1) is 0 Å². The molecule has 3 aromatic rings. The zero-order chi connectivity index (χ0) is 28.4. The van der Waals surface area contributed by atoms with Crippen molar-refractivity contribution in [3.63, 3.8) is 0 Å².